The van der Waals surface area contributed by atoms with Crippen molar-refractivity contribution in [2.75, 3.05) is 0 Å². The van der Waals surface area contributed by atoms with Crippen molar-refractivity contribution in [2.45, 2.75) is 26.2 Å². The molecule has 0 aliphatic carbocycles. The Hall–Kier alpha value is -5.08. The van der Waals surface area contributed by atoms with E-state index < -0.39 is 0 Å². The van der Waals surface area contributed by atoms with Crippen LogP contribution in [0.25, 0.3) is 66.1 Å². The predicted octanol–water partition coefficient (Wildman–Crippen LogP) is 10.8. The molecule has 0 spiro atoms. The Morgan fingerprint density at radius 3 is 1.31 bits per heavy atom. The number of nitrogens with zero attached hydrogens (tertiary/aromatic N) is 2. The highest BCUT2D eigenvalue weighted by atomic mass is 15.0. The van der Waals surface area contributed by atoms with E-state index in [1.807, 2.05) is 0 Å². The Balaban J connectivity index is 1.31. The molecule has 2 heterocycles. The van der Waals surface area contributed by atoms with E-state index in [1.54, 1.807) is 0 Å². The van der Waals surface area contributed by atoms with Gasteiger partial charge in [-0.15, -0.1) is 0 Å². The molecule has 0 aliphatic heterocycles. The largest absolute Gasteiger partial charge is 0.309 e. The summed E-state index contributed by atoms with van der Waals surface area (Å²) < 4.78 is 4.77. The molecule has 0 amide bonds. The van der Waals surface area contributed by atoms with E-state index in [0.29, 0.717) is 0 Å². The molecular weight excluding hydrogens is 508 g/mol. The van der Waals surface area contributed by atoms with Crippen LogP contribution in [-0.4, -0.2) is 9.13 Å². The summed E-state index contributed by atoms with van der Waals surface area (Å²) in [6, 6.07) is 51.0. The average Bonchev–Trinajstić information content (AvgIpc) is 3.53. The Morgan fingerprint density at radius 1 is 0.381 bits per heavy atom. The first-order valence-electron chi connectivity index (χ1n) is 14.7. The van der Waals surface area contributed by atoms with Crippen molar-refractivity contribution in [1.29, 1.82) is 0 Å². The summed E-state index contributed by atoms with van der Waals surface area (Å²) >= 11 is 0. The van der Waals surface area contributed by atoms with Gasteiger partial charge in [0.15, 0.2) is 0 Å². The first-order chi connectivity index (χ1) is 20.5. The third-order valence-corrected chi connectivity index (χ3v) is 8.68. The molecule has 0 radical (unpaired) electrons. The number of para-hydroxylation sites is 3. The van der Waals surface area contributed by atoms with Crippen molar-refractivity contribution >= 4 is 43.6 Å². The number of hydrogen-bond donors (Lipinski definition) is 0. The van der Waals surface area contributed by atoms with Gasteiger partial charge < -0.3 is 9.13 Å². The summed E-state index contributed by atoms with van der Waals surface area (Å²) in [6.45, 7) is 6.79. The van der Waals surface area contributed by atoms with Gasteiger partial charge in [0.25, 0.3) is 0 Å². The summed E-state index contributed by atoms with van der Waals surface area (Å²) in [4.78, 5) is 0. The Bertz CT molecular complexity index is 2260. The van der Waals surface area contributed by atoms with E-state index in [9.17, 15) is 0 Å². The fourth-order valence-electron chi connectivity index (χ4n) is 6.55. The zero-order valence-electron chi connectivity index (χ0n) is 24.2. The number of benzene rings is 6. The lowest BCUT2D eigenvalue weighted by molar-refractivity contribution is 0.590. The van der Waals surface area contributed by atoms with Crippen molar-refractivity contribution in [2.24, 2.45) is 0 Å². The van der Waals surface area contributed by atoms with Crippen LogP contribution in [0, 0.1) is 0 Å². The maximum atomic E-state index is 2.40. The minimum atomic E-state index is 0.128. The summed E-state index contributed by atoms with van der Waals surface area (Å²) in [5.74, 6) is 0. The van der Waals surface area contributed by atoms with Gasteiger partial charge in [-0.25, -0.2) is 0 Å². The van der Waals surface area contributed by atoms with Gasteiger partial charge in [-0.3, -0.25) is 0 Å². The van der Waals surface area contributed by atoms with Gasteiger partial charge in [-0.2, -0.15) is 0 Å². The first kappa shape index (κ1) is 24.7. The molecule has 0 atom stereocenters. The summed E-state index contributed by atoms with van der Waals surface area (Å²) in [5, 5.41) is 5.09. The van der Waals surface area contributed by atoms with E-state index in [1.165, 1.54) is 71.7 Å². The third-order valence-electron chi connectivity index (χ3n) is 8.68. The monoisotopic (exact) mass is 540 g/mol. The van der Waals surface area contributed by atoms with Gasteiger partial charge in [0.05, 0.1) is 22.1 Å². The molecule has 0 saturated carbocycles. The molecule has 2 nitrogen and oxygen atoms in total. The van der Waals surface area contributed by atoms with Crippen molar-refractivity contribution in [3.8, 4) is 22.5 Å². The lowest BCUT2D eigenvalue weighted by Crippen LogP contribution is -2.10. The van der Waals surface area contributed by atoms with Gasteiger partial charge in [0, 0.05) is 32.9 Å². The second-order valence-corrected chi connectivity index (χ2v) is 12.3. The minimum Gasteiger partial charge on any atom is -0.309 e. The van der Waals surface area contributed by atoms with Crippen LogP contribution in [0.2, 0.25) is 0 Å². The van der Waals surface area contributed by atoms with Crippen LogP contribution in [0.4, 0.5) is 0 Å². The molecule has 0 unspecified atom stereocenters. The standard InChI is InChI=1S/C40H32N2/c1-40(2,3)29-19-21-31(22-20-29)42-37-16-10-8-14-33(37)35-26-28(18-24-39(35)42)27-17-23-38-34(25-27)32-13-7-9-15-36(32)41(38)30-11-5-4-6-12-30/h4-26H,1-3H3. The van der Waals surface area contributed by atoms with E-state index in [4.69, 9.17) is 0 Å². The smallest absolute Gasteiger partial charge is 0.0541 e. The molecule has 2 heteroatoms. The second kappa shape index (κ2) is 9.22. The molecule has 0 aliphatic rings. The van der Waals surface area contributed by atoms with E-state index >= 15 is 0 Å². The highest BCUT2D eigenvalue weighted by Crippen LogP contribution is 2.38. The number of fused-ring (bicyclic) bond motifs is 6. The highest BCUT2D eigenvalue weighted by Gasteiger charge is 2.17. The van der Waals surface area contributed by atoms with Crippen LogP contribution in [-0.2, 0) is 5.41 Å². The van der Waals surface area contributed by atoms with Gasteiger partial charge >= 0.3 is 0 Å². The quantitative estimate of drug-likeness (QED) is 0.211. The van der Waals surface area contributed by atoms with Crippen LogP contribution in [0.5, 0.6) is 0 Å². The molecule has 8 aromatic rings. The molecule has 0 N–H and O–H groups in total. The maximum Gasteiger partial charge on any atom is 0.0541 e. The molecule has 0 bridgehead atoms. The van der Waals surface area contributed by atoms with Crippen LogP contribution in [0.15, 0.2) is 140 Å². The lowest BCUT2D eigenvalue weighted by Gasteiger charge is -2.19. The molecular formula is C40H32N2. The summed E-state index contributed by atoms with van der Waals surface area (Å²) in [5.41, 5.74) is 11.2. The minimum absolute atomic E-state index is 0.128. The molecule has 0 saturated heterocycles. The van der Waals surface area contributed by atoms with E-state index in [2.05, 4.69) is 169 Å². The van der Waals surface area contributed by atoms with Gasteiger partial charge in [-0.05, 0) is 82.8 Å². The molecule has 6 aromatic carbocycles. The highest BCUT2D eigenvalue weighted by molar-refractivity contribution is 6.12. The fourth-order valence-corrected chi connectivity index (χ4v) is 6.55. The maximum absolute atomic E-state index is 2.40. The Morgan fingerprint density at radius 2 is 0.810 bits per heavy atom. The second-order valence-electron chi connectivity index (χ2n) is 12.3. The molecule has 0 fully saturated rings. The molecule has 8 rings (SSSR count). The van der Waals surface area contributed by atoms with Crippen molar-refractivity contribution in [3.63, 3.8) is 0 Å². The third kappa shape index (κ3) is 3.79. The van der Waals surface area contributed by atoms with E-state index in [0.717, 1.165) is 0 Å². The fraction of sp³-hybridized carbons (Fsp3) is 0.100. The summed E-state index contributed by atoms with van der Waals surface area (Å²) in [7, 11) is 0. The van der Waals surface area contributed by atoms with Gasteiger partial charge in [0.1, 0.15) is 0 Å². The number of rotatable bonds is 3. The van der Waals surface area contributed by atoms with Crippen molar-refractivity contribution in [1.82, 2.24) is 9.13 Å². The van der Waals surface area contributed by atoms with Gasteiger partial charge in [-0.1, -0.05) is 99.6 Å². The van der Waals surface area contributed by atoms with Crippen LogP contribution in [0.3, 0.4) is 0 Å². The molecule has 2 aromatic heterocycles. The first-order valence-corrected chi connectivity index (χ1v) is 14.7. The number of aromatic nitrogens is 2. The van der Waals surface area contributed by atoms with Crippen LogP contribution in [0.1, 0.15) is 26.3 Å². The molecule has 42 heavy (non-hydrogen) atoms. The summed E-state index contributed by atoms with van der Waals surface area (Å²) in [6.07, 6.45) is 0. The molecule has 202 valence electrons. The lowest BCUT2D eigenvalue weighted by atomic mass is 9.87. The van der Waals surface area contributed by atoms with Gasteiger partial charge in [0.2, 0.25) is 0 Å². The SMILES string of the molecule is CC(C)(C)c1ccc(-n2c3ccccc3c3cc(-c4ccc5c(c4)c4ccccc4n5-c4ccccc4)ccc32)cc1. The Labute approximate surface area is 246 Å². The van der Waals surface area contributed by atoms with Crippen molar-refractivity contribution < 1.29 is 0 Å². The average molecular weight is 541 g/mol. The van der Waals surface area contributed by atoms with Crippen molar-refractivity contribution in [3.05, 3.63) is 145 Å². The number of hydrogen-bond acceptors (Lipinski definition) is 0. The zero-order chi connectivity index (χ0) is 28.4. The van der Waals surface area contributed by atoms with E-state index in [-0.39, 0.29) is 5.41 Å². The topological polar surface area (TPSA) is 9.86 Å². The zero-order valence-corrected chi connectivity index (χ0v) is 24.2. The predicted molar refractivity (Wildman–Crippen MR) is 179 cm³/mol. The normalized spacial score (nSPS) is 12.2. The Kier molecular flexibility index (Phi) is 5.42. The van der Waals surface area contributed by atoms with Crippen LogP contribution < -0.4 is 0 Å². The van der Waals surface area contributed by atoms with Crippen LogP contribution >= 0.6 is 0 Å².